The molecule has 0 aromatic heterocycles. The number of carbonyl (C=O) groups excluding carboxylic acids is 1. The highest BCUT2D eigenvalue weighted by molar-refractivity contribution is 7.80. The first kappa shape index (κ1) is 15.6. The van der Waals surface area contributed by atoms with Crippen LogP contribution in [0.2, 0.25) is 0 Å². The van der Waals surface area contributed by atoms with Crippen molar-refractivity contribution in [1.29, 1.82) is 0 Å². The number of methoxy groups -OCH3 is 2. The van der Waals surface area contributed by atoms with E-state index in [-0.39, 0.29) is 5.91 Å². The number of hydrogen-bond donors (Lipinski definition) is 2. The lowest BCUT2D eigenvalue weighted by Crippen LogP contribution is -2.52. The number of amides is 1. The van der Waals surface area contributed by atoms with Gasteiger partial charge in [0.15, 0.2) is 11.5 Å². The fourth-order valence-electron chi connectivity index (χ4n) is 2.46. The van der Waals surface area contributed by atoms with Gasteiger partial charge in [-0.3, -0.25) is 4.79 Å². The average molecular weight is 308 g/mol. The van der Waals surface area contributed by atoms with Crippen molar-refractivity contribution in [3.63, 3.8) is 0 Å². The minimum absolute atomic E-state index is 0.0870. The van der Waals surface area contributed by atoms with Gasteiger partial charge in [0, 0.05) is 6.54 Å². The molecule has 0 atom stereocenters. The fraction of sp³-hybridized carbons (Fsp3) is 0.467. The van der Waals surface area contributed by atoms with Crippen LogP contribution in [0.3, 0.4) is 0 Å². The molecule has 0 heterocycles. The van der Waals surface area contributed by atoms with E-state index in [1.54, 1.807) is 14.2 Å². The number of hydrogen-bond acceptors (Lipinski definition) is 4. The molecule has 1 fully saturated rings. The maximum absolute atomic E-state index is 12.3. The van der Waals surface area contributed by atoms with Crippen LogP contribution in [0.25, 0.3) is 0 Å². The molecule has 21 heavy (non-hydrogen) atoms. The minimum atomic E-state index is -0.647. The Morgan fingerprint density at radius 2 is 2.00 bits per heavy atom. The average Bonchev–Trinajstić information content (AvgIpc) is 2.43. The normalized spacial score (nSPS) is 15.7. The molecule has 114 valence electrons. The summed E-state index contributed by atoms with van der Waals surface area (Å²) >= 11 is 5.04. The molecule has 1 aliphatic carbocycles. The third-order valence-corrected chi connectivity index (χ3v) is 4.41. The van der Waals surface area contributed by atoms with E-state index in [0.29, 0.717) is 23.0 Å². The van der Waals surface area contributed by atoms with E-state index in [0.717, 1.165) is 24.8 Å². The van der Waals surface area contributed by atoms with Gasteiger partial charge in [-0.1, -0.05) is 24.7 Å². The van der Waals surface area contributed by atoms with Crippen LogP contribution in [0.4, 0.5) is 0 Å². The van der Waals surface area contributed by atoms with Crippen molar-refractivity contribution >= 4 is 23.1 Å². The van der Waals surface area contributed by atoms with Crippen molar-refractivity contribution in [2.75, 3.05) is 14.2 Å². The Morgan fingerprint density at radius 1 is 1.33 bits per heavy atom. The third-order valence-electron chi connectivity index (χ3n) is 4.01. The highest BCUT2D eigenvalue weighted by Crippen LogP contribution is 2.41. The topological polar surface area (TPSA) is 73.6 Å². The largest absolute Gasteiger partial charge is 0.493 e. The molecule has 6 heteroatoms. The van der Waals surface area contributed by atoms with Crippen LogP contribution in [0.15, 0.2) is 18.2 Å². The van der Waals surface area contributed by atoms with Crippen LogP contribution in [-0.4, -0.2) is 25.1 Å². The summed E-state index contributed by atoms with van der Waals surface area (Å²) < 4.78 is 10.4. The summed E-state index contributed by atoms with van der Waals surface area (Å²) in [5, 5.41) is 2.91. The summed E-state index contributed by atoms with van der Waals surface area (Å²) in [6, 6.07) is 5.54. The first-order chi connectivity index (χ1) is 10.0. The van der Waals surface area contributed by atoms with E-state index in [1.807, 2.05) is 18.2 Å². The van der Waals surface area contributed by atoms with Crippen LogP contribution in [0.1, 0.15) is 24.8 Å². The molecule has 0 spiro atoms. The second-order valence-corrected chi connectivity index (χ2v) is 5.61. The Bertz CT molecular complexity index is 556. The number of nitrogens with one attached hydrogen (secondary N) is 1. The van der Waals surface area contributed by atoms with Gasteiger partial charge in [-0.2, -0.15) is 0 Å². The molecule has 0 bridgehead atoms. The molecule has 2 rings (SSSR count). The molecule has 1 aliphatic rings. The van der Waals surface area contributed by atoms with E-state index in [1.165, 1.54) is 0 Å². The SMILES string of the molecule is COc1ccc(CNC(=O)C2(C(N)=S)CCC2)cc1OC. The van der Waals surface area contributed by atoms with E-state index >= 15 is 0 Å². The molecule has 3 N–H and O–H groups in total. The number of thiocarbonyl (C=S) groups is 1. The Labute approximate surface area is 129 Å². The quantitative estimate of drug-likeness (QED) is 0.784. The lowest BCUT2D eigenvalue weighted by Gasteiger charge is -2.39. The Kier molecular flexibility index (Phi) is 4.67. The molecule has 5 nitrogen and oxygen atoms in total. The predicted octanol–water partition coefficient (Wildman–Crippen LogP) is 1.78. The molecule has 0 unspecified atom stereocenters. The van der Waals surface area contributed by atoms with Gasteiger partial charge in [0.1, 0.15) is 0 Å². The molecular formula is C15H20N2O3S. The molecule has 0 aliphatic heterocycles. The minimum Gasteiger partial charge on any atom is -0.493 e. The maximum Gasteiger partial charge on any atom is 0.233 e. The zero-order chi connectivity index (χ0) is 15.5. The zero-order valence-corrected chi connectivity index (χ0v) is 13.1. The fourth-order valence-corrected chi connectivity index (χ4v) is 2.75. The van der Waals surface area contributed by atoms with Crippen LogP contribution >= 0.6 is 12.2 Å². The smallest absolute Gasteiger partial charge is 0.233 e. The molecule has 1 saturated carbocycles. The van der Waals surface area contributed by atoms with Gasteiger partial charge in [-0.25, -0.2) is 0 Å². The van der Waals surface area contributed by atoms with E-state index in [4.69, 9.17) is 27.4 Å². The van der Waals surface area contributed by atoms with Crippen LogP contribution in [0, 0.1) is 5.41 Å². The number of rotatable bonds is 6. The standard InChI is InChI=1S/C15H20N2O3S/c1-19-11-5-4-10(8-12(11)20-2)9-17-14(18)15(13(16)21)6-3-7-15/h4-5,8H,3,6-7,9H2,1-2H3,(H2,16,21)(H,17,18). The summed E-state index contributed by atoms with van der Waals surface area (Å²) in [4.78, 5) is 12.6. The van der Waals surface area contributed by atoms with E-state index < -0.39 is 5.41 Å². The monoisotopic (exact) mass is 308 g/mol. The van der Waals surface area contributed by atoms with Gasteiger partial charge in [0.25, 0.3) is 0 Å². The van der Waals surface area contributed by atoms with Gasteiger partial charge in [-0.15, -0.1) is 0 Å². The Hall–Kier alpha value is -1.82. The second kappa shape index (κ2) is 6.30. The van der Waals surface area contributed by atoms with Crippen LogP contribution in [0.5, 0.6) is 11.5 Å². The lowest BCUT2D eigenvalue weighted by molar-refractivity contribution is -0.131. The molecule has 0 saturated heterocycles. The second-order valence-electron chi connectivity index (χ2n) is 5.17. The molecule has 1 amide bonds. The van der Waals surface area contributed by atoms with Crippen molar-refractivity contribution < 1.29 is 14.3 Å². The van der Waals surface area contributed by atoms with Gasteiger partial charge in [-0.05, 0) is 30.5 Å². The zero-order valence-electron chi connectivity index (χ0n) is 12.3. The number of carbonyl (C=O) groups is 1. The van der Waals surface area contributed by atoms with Crippen molar-refractivity contribution in [3.8, 4) is 11.5 Å². The molecule has 0 radical (unpaired) electrons. The number of benzene rings is 1. The third kappa shape index (κ3) is 2.95. The first-order valence-corrected chi connectivity index (χ1v) is 7.23. The Morgan fingerprint density at radius 3 is 2.48 bits per heavy atom. The van der Waals surface area contributed by atoms with Crippen molar-refractivity contribution in [3.05, 3.63) is 23.8 Å². The predicted molar refractivity (Wildman–Crippen MR) is 84.5 cm³/mol. The maximum atomic E-state index is 12.3. The van der Waals surface area contributed by atoms with Crippen LogP contribution in [-0.2, 0) is 11.3 Å². The molecule has 1 aromatic carbocycles. The van der Waals surface area contributed by atoms with E-state index in [2.05, 4.69) is 5.32 Å². The Balaban J connectivity index is 2.03. The van der Waals surface area contributed by atoms with Gasteiger partial charge in [0.2, 0.25) is 5.91 Å². The van der Waals surface area contributed by atoms with Gasteiger partial charge < -0.3 is 20.5 Å². The summed E-state index contributed by atoms with van der Waals surface area (Å²) in [5.41, 5.74) is 6.00. The van der Waals surface area contributed by atoms with Crippen molar-refractivity contribution in [2.24, 2.45) is 11.1 Å². The molecular weight excluding hydrogens is 288 g/mol. The highest BCUT2D eigenvalue weighted by atomic mass is 32.1. The van der Waals surface area contributed by atoms with Crippen molar-refractivity contribution in [2.45, 2.75) is 25.8 Å². The molecule has 1 aromatic rings. The lowest BCUT2D eigenvalue weighted by atomic mass is 9.68. The van der Waals surface area contributed by atoms with Crippen LogP contribution < -0.4 is 20.5 Å². The first-order valence-electron chi connectivity index (χ1n) is 6.82. The summed E-state index contributed by atoms with van der Waals surface area (Å²) in [7, 11) is 3.16. The summed E-state index contributed by atoms with van der Waals surface area (Å²) in [6.45, 7) is 0.406. The van der Waals surface area contributed by atoms with E-state index in [9.17, 15) is 4.79 Å². The van der Waals surface area contributed by atoms with Gasteiger partial charge in [0.05, 0.1) is 24.6 Å². The number of ether oxygens (including phenoxy) is 2. The number of nitrogens with two attached hydrogens (primary N) is 1. The summed E-state index contributed by atoms with van der Waals surface area (Å²) in [5.74, 6) is 1.21. The van der Waals surface area contributed by atoms with Crippen molar-refractivity contribution in [1.82, 2.24) is 5.32 Å². The highest BCUT2D eigenvalue weighted by Gasteiger charge is 2.46. The van der Waals surface area contributed by atoms with Gasteiger partial charge >= 0.3 is 0 Å². The summed E-state index contributed by atoms with van der Waals surface area (Å²) in [6.07, 6.45) is 2.46.